The van der Waals surface area contributed by atoms with E-state index in [0.29, 0.717) is 56.9 Å². The van der Waals surface area contributed by atoms with Gasteiger partial charge < -0.3 is 28.4 Å². The quantitative estimate of drug-likeness (QED) is 0.0816. The fourth-order valence-corrected chi connectivity index (χ4v) is 5.61. The predicted octanol–water partition coefficient (Wildman–Crippen LogP) is 6.04. The first-order valence-electron chi connectivity index (χ1n) is 18.0. The molecule has 300 valence electrons. The minimum absolute atomic E-state index is 0.103. The third-order valence-electron chi connectivity index (χ3n) is 8.39. The van der Waals surface area contributed by atoms with E-state index in [9.17, 15) is 19.2 Å². The lowest BCUT2D eigenvalue weighted by molar-refractivity contribution is 0.0504. The topological polar surface area (TPSA) is 185 Å². The Bertz CT molecular complexity index is 2360. The van der Waals surface area contributed by atoms with Gasteiger partial charge in [0.15, 0.2) is 17.3 Å². The third-order valence-corrected chi connectivity index (χ3v) is 8.39. The van der Waals surface area contributed by atoms with Crippen LogP contribution >= 0.6 is 0 Å². The average molecular weight is 791 g/mol. The van der Waals surface area contributed by atoms with Crippen molar-refractivity contribution >= 4 is 23.5 Å². The van der Waals surface area contributed by atoms with Gasteiger partial charge in [0.2, 0.25) is 0 Å². The summed E-state index contributed by atoms with van der Waals surface area (Å²) in [5.41, 5.74) is 3.22. The molecule has 0 radical (unpaired) electrons. The van der Waals surface area contributed by atoms with Crippen LogP contribution in [0.2, 0.25) is 0 Å². The van der Waals surface area contributed by atoms with Crippen LogP contribution in [-0.4, -0.2) is 94.7 Å². The summed E-state index contributed by atoms with van der Waals surface area (Å²) in [6.07, 6.45) is 3.26. The van der Waals surface area contributed by atoms with Crippen LogP contribution in [0.1, 0.15) is 55.5 Å². The van der Waals surface area contributed by atoms with Gasteiger partial charge in [-0.05, 0) is 62.4 Å². The van der Waals surface area contributed by atoms with Crippen LogP contribution in [0, 0.1) is 0 Å². The summed E-state index contributed by atoms with van der Waals surface area (Å²) in [5, 5.41) is 8.68. The van der Waals surface area contributed by atoms with Gasteiger partial charge in [0.05, 0.1) is 69.9 Å². The summed E-state index contributed by atoms with van der Waals surface area (Å²) in [6.45, 7) is 3.60. The predicted molar refractivity (Wildman–Crippen MR) is 211 cm³/mol. The van der Waals surface area contributed by atoms with Crippen molar-refractivity contribution in [2.45, 2.75) is 26.9 Å². The highest BCUT2D eigenvalue weighted by molar-refractivity contribution is 6.00. The summed E-state index contributed by atoms with van der Waals surface area (Å²) < 4.78 is 33.9. The Morgan fingerprint density at radius 2 is 1.09 bits per heavy atom. The van der Waals surface area contributed by atoms with Crippen molar-refractivity contribution in [1.29, 1.82) is 0 Å². The molecular formula is C42H42N6O10. The maximum atomic E-state index is 13.0. The van der Waals surface area contributed by atoms with E-state index in [0.717, 1.165) is 0 Å². The van der Waals surface area contributed by atoms with Crippen LogP contribution in [-0.2, 0) is 22.6 Å². The van der Waals surface area contributed by atoms with Crippen LogP contribution < -0.4 is 18.9 Å². The number of aromatic nitrogens is 6. The molecule has 4 heterocycles. The van der Waals surface area contributed by atoms with Crippen molar-refractivity contribution in [2.24, 2.45) is 0 Å². The van der Waals surface area contributed by atoms with Crippen LogP contribution in [0.25, 0.3) is 22.8 Å². The second kappa shape index (κ2) is 20.0. The summed E-state index contributed by atoms with van der Waals surface area (Å²) >= 11 is 0. The van der Waals surface area contributed by atoms with Crippen molar-refractivity contribution in [3.63, 3.8) is 0 Å². The molecule has 0 bridgehead atoms. The molecule has 0 aliphatic rings. The van der Waals surface area contributed by atoms with E-state index in [4.69, 9.17) is 28.4 Å². The van der Waals surface area contributed by atoms with Crippen molar-refractivity contribution in [3.05, 3.63) is 120 Å². The van der Waals surface area contributed by atoms with Crippen molar-refractivity contribution in [1.82, 2.24) is 29.5 Å². The number of ketones is 2. The lowest BCUT2D eigenvalue weighted by Gasteiger charge is -2.11. The maximum Gasteiger partial charge on any atom is 0.358 e. The molecule has 4 aromatic heterocycles. The number of esters is 2. The van der Waals surface area contributed by atoms with Crippen molar-refractivity contribution in [2.75, 3.05) is 41.7 Å². The van der Waals surface area contributed by atoms with Gasteiger partial charge in [0, 0.05) is 36.7 Å². The Morgan fingerprint density at radius 1 is 0.552 bits per heavy atom. The summed E-state index contributed by atoms with van der Waals surface area (Å²) in [4.78, 5) is 58.9. The van der Waals surface area contributed by atoms with Crippen LogP contribution in [0.4, 0.5) is 0 Å². The smallest absolute Gasteiger partial charge is 0.358 e. The van der Waals surface area contributed by atoms with E-state index in [1.165, 1.54) is 37.8 Å². The number of pyridine rings is 2. The molecule has 2 aromatic carbocycles. The Morgan fingerprint density at radius 3 is 1.59 bits per heavy atom. The number of nitrogens with zero attached hydrogens (tertiary/aromatic N) is 6. The molecular weight excluding hydrogens is 748 g/mol. The van der Waals surface area contributed by atoms with E-state index in [2.05, 4.69) is 20.2 Å². The molecule has 0 unspecified atom stereocenters. The minimum Gasteiger partial charge on any atom is -0.497 e. The maximum absolute atomic E-state index is 13.0. The minimum atomic E-state index is -0.559. The van der Waals surface area contributed by atoms with Gasteiger partial charge in [0.1, 0.15) is 47.5 Å². The Hall–Kier alpha value is -7.36. The first-order valence-corrected chi connectivity index (χ1v) is 18.0. The highest BCUT2D eigenvalue weighted by Gasteiger charge is 2.23. The number of Topliss-reactive ketones (excluding diaryl/α,β-unsaturated/α-hetero) is 2. The number of benzene rings is 2. The molecule has 0 atom stereocenters. The third kappa shape index (κ3) is 10.1. The van der Waals surface area contributed by atoms with Gasteiger partial charge >= 0.3 is 11.9 Å². The molecule has 0 saturated heterocycles. The molecule has 6 rings (SSSR count). The molecule has 6 aromatic rings. The molecule has 58 heavy (non-hydrogen) atoms. The van der Waals surface area contributed by atoms with E-state index >= 15 is 0 Å². The molecule has 0 spiro atoms. The average Bonchev–Trinajstić information content (AvgIpc) is 3.89. The first kappa shape index (κ1) is 41.8. The van der Waals surface area contributed by atoms with E-state index in [-0.39, 0.29) is 49.3 Å². The van der Waals surface area contributed by atoms with Crippen LogP contribution in [0.15, 0.2) is 97.3 Å². The van der Waals surface area contributed by atoms with Gasteiger partial charge in [-0.3, -0.25) is 24.2 Å². The van der Waals surface area contributed by atoms with Crippen molar-refractivity contribution < 1.29 is 47.6 Å². The van der Waals surface area contributed by atoms with Crippen LogP contribution in [0.5, 0.6) is 23.0 Å². The summed E-state index contributed by atoms with van der Waals surface area (Å²) in [7, 11) is 6.03. The van der Waals surface area contributed by atoms with Gasteiger partial charge in [-0.2, -0.15) is 10.2 Å². The highest BCUT2D eigenvalue weighted by Crippen LogP contribution is 2.28. The Kier molecular flexibility index (Phi) is 14.4. The van der Waals surface area contributed by atoms with E-state index in [1.54, 1.807) is 99.0 Å². The largest absolute Gasteiger partial charge is 0.497 e. The zero-order valence-corrected chi connectivity index (χ0v) is 32.8. The molecule has 0 aliphatic heterocycles. The number of carbonyl (C=O) groups is 4. The Balaban J connectivity index is 0.000000221. The Labute approximate surface area is 334 Å². The van der Waals surface area contributed by atoms with Gasteiger partial charge in [-0.1, -0.05) is 12.1 Å². The van der Waals surface area contributed by atoms with E-state index < -0.39 is 11.9 Å². The number of carbonyl (C=O) groups excluding carboxylic acids is 4. The number of hydrogen-bond donors (Lipinski definition) is 0. The molecule has 16 nitrogen and oxygen atoms in total. The fraction of sp³-hybridized carbons (Fsp3) is 0.238. The number of ether oxygens (including phenoxy) is 6. The molecule has 0 fully saturated rings. The zero-order valence-electron chi connectivity index (χ0n) is 32.8. The second-order valence-electron chi connectivity index (χ2n) is 12.0. The normalized spacial score (nSPS) is 10.4. The summed E-state index contributed by atoms with van der Waals surface area (Å²) in [5.74, 6) is 0.301. The molecule has 0 aliphatic carbocycles. The monoisotopic (exact) mass is 790 g/mol. The number of hydrogen-bond acceptors (Lipinski definition) is 14. The molecule has 16 heteroatoms. The van der Waals surface area contributed by atoms with Crippen LogP contribution in [0.3, 0.4) is 0 Å². The number of rotatable bonds is 16. The molecule has 0 amide bonds. The van der Waals surface area contributed by atoms with Gasteiger partial charge in [-0.15, -0.1) is 0 Å². The van der Waals surface area contributed by atoms with Gasteiger partial charge in [0.25, 0.3) is 0 Å². The van der Waals surface area contributed by atoms with E-state index in [1.807, 2.05) is 12.1 Å². The number of methoxy groups -OCH3 is 4. The molecule has 0 saturated carbocycles. The zero-order chi connectivity index (χ0) is 41.6. The second-order valence-corrected chi connectivity index (χ2v) is 12.0. The SMILES string of the molecule is CCOC(=O)c1cc(-c2ccccn2)n(CC(=O)c2ccc(OC)cc2OC)n1.CCOC(=O)c1cc(-c2ccccn2)nn1CC(=O)c1ccc(OC)cc1OC. The van der Waals surface area contributed by atoms with Crippen molar-refractivity contribution in [3.8, 4) is 45.8 Å². The molecule has 0 N–H and O–H groups in total. The fourth-order valence-electron chi connectivity index (χ4n) is 5.61. The lowest BCUT2D eigenvalue weighted by atomic mass is 10.1. The standard InChI is InChI=1S/2C21H21N3O5/c1-4-29-21(26)17-12-18(16-7-5-6-10-22-16)24(23-17)13-19(25)15-9-8-14(27-2)11-20(15)28-3;1-4-29-21(26)18-12-17(16-7-5-6-10-22-16)23-24(18)13-19(25)15-9-8-14(27-2)11-20(15)28-3/h2*5-12H,4,13H2,1-3H3. The first-order chi connectivity index (χ1) is 28.1. The lowest BCUT2D eigenvalue weighted by Crippen LogP contribution is -2.18. The summed E-state index contributed by atoms with van der Waals surface area (Å²) in [6, 6.07) is 23.8. The highest BCUT2D eigenvalue weighted by atomic mass is 16.5. The van der Waals surface area contributed by atoms with Gasteiger partial charge in [-0.25, -0.2) is 14.3 Å².